The lowest BCUT2D eigenvalue weighted by Crippen LogP contribution is -2.60. The van der Waals surface area contributed by atoms with Gasteiger partial charge < -0.3 is 20.5 Å². The minimum Gasteiger partial charge on any atom is -0.463 e. The predicted molar refractivity (Wildman–Crippen MR) is 158 cm³/mol. The molecule has 6 amide bonds. The predicted octanol–water partition coefficient (Wildman–Crippen LogP) is 1.65. The Kier molecular flexibility index (Phi) is 11.3. The van der Waals surface area contributed by atoms with Crippen LogP contribution in [0.25, 0.3) is 0 Å². The maximum Gasteiger partial charge on any atom is 0.433 e. The summed E-state index contributed by atoms with van der Waals surface area (Å²) in [4.78, 5) is 80.5. The van der Waals surface area contributed by atoms with E-state index in [1.54, 1.807) is 26.0 Å². The number of nitrogens with two attached hydrogens (primary N) is 1. The van der Waals surface area contributed by atoms with Crippen LogP contribution in [0.3, 0.4) is 0 Å². The highest BCUT2D eigenvalue weighted by molar-refractivity contribution is 6.04. The molecule has 0 unspecified atom stereocenters. The van der Waals surface area contributed by atoms with Gasteiger partial charge in [0.2, 0.25) is 11.8 Å². The highest BCUT2D eigenvalue weighted by atomic mass is 16.6. The molecule has 1 fully saturated rings. The van der Waals surface area contributed by atoms with Gasteiger partial charge in [0.25, 0.3) is 17.7 Å². The molecule has 0 aliphatic carbocycles. The third-order valence-corrected chi connectivity index (χ3v) is 7.35. The molecule has 236 valence electrons. The number of amides is 6. The van der Waals surface area contributed by atoms with E-state index >= 15 is 0 Å². The molecule has 0 radical (unpaired) electrons. The Bertz CT molecular complexity index is 1370. The van der Waals surface area contributed by atoms with Crippen LogP contribution < -0.4 is 5.73 Å². The van der Waals surface area contributed by atoms with E-state index in [1.165, 1.54) is 18.9 Å². The number of ether oxygens (including phenoxy) is 1. The summed E-state index contributed by atoms with van der Waals surface area (Å²) in [5.74, 6) is -4.61. The van der Waals surface area contributed by atoms with Gasteiger partial charge in [-0.1, -0.05) is 74.5 Å². The fraction of sp³-hybridized carbons (Fsp3) is 0.419. The summed E-state index contributed by atoms with van der Waals surface area (Å²) in [6.07, 6.45) is -4.34. The van der Waals surface area contributed by atoms with Crippen LogP contribution in [0, 0.1) is 5.92 Å². The summed E-state index contributed by atoms with van der Waals surface area (Å²) in [6, 6.07) is 15.5. The molecule has 0 saturated carbocycles. The monoisotopic (exact) mass is 609 g/mol. The molecule has 1 heterocycles. The molecule has 1 saturated heterocycles. The van der Waals surface area contributed by atoms with E-state index in [1.807, 2.05) is 48.5 Å². The molecule has 0 aromatic heterocycles. The molecular weight excluding hydrogens is 570 g/mol. The number of carbonyl (C=O) groups excluding carboxylic acids is 5. The first-order valence-electron chi connectivity index (χ1n) is 14.2. The van der Waals surface area contributed by atoms with Crippen molar-refractivity contribution in [2.24, 2.45) is 11.7 Å². The largest absolute Gasteiger partial charge is 0.463 e. The molecule has 0 spiro atoms. The van der Waals surface area contributed by atoms with Crippen LogP contribution in [0.2, 0.25) is 0 Å². The van der Waals surface area contributed by atoms with E-state index in [-0.39, 0.29) is 30.3 Å². The van der Waals surface area contributed by atoms with Crippen LogP contribution in [0.15, 0.2) is 60.7 Å². The third-order valence-electron chi connectivity index (χ3n) is 7.35. The van der Waals surface area contributed by atoms with Crippen LogP contribution in [0.5, 0.6) is 0 Å². The number of nitrogens with zero attached hydrogens (tertiary/aromatic N) is 4. The number of carboxylic acid groups (broad SMARTS) is 1. The van der Waals surface area contributed by atoms with Gasteiger partial charge >= 0.3 is 6.09 Å². The van der Waals surface area contributed by atoms with Crippen molar-refractivity contribution in [3.05, 3.63) is 71.8 Å². The number of rotatable bonds is 11. The molecule has 1 aliphatic rings. The molecule has 2 aromatic carbocycles. The van der Waals surface area contributed by atoms with Gasteiger partial charge in [0.1, 0.15) is 6.04 Å². The fourth-order valence-electron chi connectivity index (χ4n) is 4.60. The molecule has 13 nitrogen and oxygen atoms in total. The maximum absolute atomic E-state index is 13.5. The number of imide groups is 2. The fourth-order valence-corrected chi connectivity index (χ4v) is 4.60. The van der Waals surface area contributed by atoms with Crippen LogP contribution in [-0.4, -0.2) is 98.9 Å². The zero-order chi connectivity index (χ0) is 32.7. The first kappa shape index (κ1) is 33.9. The summed E-state index contributed by atoms with van der Waals surface area (Å²) in [6.45, 7) is 4.86. The lowest BCUT2D eigenvalue weighted by molar-refractivity contribution is -0.165. The Morgan fingerprint density at radius 2 is 1.34 bits per heavy atom. The van der Waals surface area contributed by atoms with Crippen molar-refractivity contribution in [2.45, 2.75) is 64.4 Å². The quantitative estimate of drug-likeness (QED) is 0.284. The number of benzene rings is 2. The number of carbonyl (C=O) groups is 6. The second-order valence-corrected chi connectivity index (χ2v) is 11.0. The Labute approximate surface area is 256 Å². The number of hydrogen-bond donors (Lipinski definition) is 2. The second kappa shape index (κ2) is 14.7. The van der Waals surface area contributed by atoms with E-state index < -0.39 is 59.9 Å². The van der Waals surface area contributed by atoms with Crippen molar-refractivity contribution in [2.75, 3.05) is 14.1 Å². The van der Waals surface area contributed by atoms with Gasteiger partial charge in [-0.05, 0) is 30.4 Å². The molecule has 0 bridgehead atoms. The molecular formula is C31H39N5O8. The number of likely N-dealkylation sites (N-methyl/N-ethyl adjacent to an activating group) is 2. The third kappa shape index (κ3) is 8.05. The van der Waals surface area contributed by atoms with Crippen LogP contribution in [0.4, 0.5) is 4.79 Å². The van der Waals surface area contributed by atoms with E-state index in [0.717, 1.165) is 23.1 Å². The minimum absolute atomic E-state index is 0.119. The number of hydrogen-bond acceptors (Lipinski definition) is 8. The Morgan fingerprint density at radius 1 is 0.818 bits per heavy atom. The number of hydrazine groups is 1. The van der Waals surface area contributed by atoms with Crippen molar-refractivity contribution >= 4 is 35.6 Å². The average molecular weight is 610 g/mol. The van der Waals surface area contributed by atoms with E-state index in [4.69, 9.17) is 10.5 Å². The van der Waals surface area contributed by atoms with Gasteiger partial charge in [0.05, 0.1) is 6.04 Å². The zero-order valence-electron chi connectivity index (χ0n) is 25.5. The van der Waals surface area contributed by atoms with Gasteiger partial charge in [-0.15, -0.1) is 5.01 Å². The van der Waals surface area contributed by atoms with Crippen molar-refractivity contribution in [1.29, 1.82) is 0 Å². The number of aryl methyl sites for hydroxylation is 1. The highest BCUT2D eigenvalue weighted by Crippen LogP contribution is 2.27. The maximum atomic E-state index is 13.5. The zero-order valence-corrected chi connectivity index (χ0v) is 25.5. The molecule has 1 aliphatic heterocycles. The van der Waals surface area contributed by atoms with Gasteiger partial charge in [0.15, 0.2) is 12.2 Å². The van der Waals surface area contributed by atoms with E-state index in [9.17, 15) is 33.9 Å². The lowest BCUT2D eigenvalue weighted by Gasteiger charge is -2.34. The minimum atomic E-state index is -1.82. The molecule has 4 atom stereocenters. The summed E-state index contributed by atoms with van der Waals surface area (Å²) in [5.41, 5.74) is 7.74. The highest BCUT2D eigenvalue weighted by Gasteiger charge is 2.55. The molecule has 44 heavy (non-hydrogen) atoms. The average Bonchev–Trinajstić information content (AvgIpc) is 3.80. The van der Waals surface area contributed by atoms with E-state index in [0.29, 0.717) is 5.01 Å². The SMILES string of the molecule is CC(C)[C@H](N)C(=O)N(C(=O)CCc1ccccc1)[C@@H](C)C(=O)N(C)N(C(=O)O)C(=O)[C@H]1O[C@@H]1C(=O)N(C)Cc1ccccc1. The number of epoxide rings is 1. The summed E-state index contributed by atoms with van der Waals surface area (Å²) in [5, 5.41) is 10.5. The first-order chi connectivity index (χ1) is 20.8. The summed E-state index contributed by atoms with van der Waals surface area (Å²) >= 11 is 0. The molecule has 3 rings (SSSR count). The molecule has 13 heteroatoms. The van der Waals surface area contributed by atoms with Crippen molar-refractivity contribution < 1.29 is 38.6 Å². The standard InChI is InChI=1S/C31H39N5O8/c1-19(2)24(32)28(39)35(23(37)17-16-21-12-8-6-9-13-21)20(3)27(38)34(5)36(31(42)43)30(41)26-25(44-26)29(40)33(4)18-22-14-10-7-11-15-22/h6-15,19-20,24-26H,16-18,32H2,1-5H3,(H,42,43)/t20-,24-,25-,26-/m0/s1. The van der Waals surface area contributed by atoms with Crippen molar-refractivity contribution in [3.8, 4) is 0 Å². The molecule has 3 N–H and O–H groups in total. The Morgan fingerprint density at radius 3 is 1.86 bits per heavy atom. The van der Waals surface area contributed by atoms with Gasteiger partial charge in [0, 0.05) is 27.1 Å². The van der Waals surface area contributed by atoms with Crippen LogP contribution in [0.1, 0.15) is 38.3 Å². The topological polar surface area (TPSA) is 174 Å². The smallest absolute Gasteiger partial charge is 0.433 e. The molecule has 2 aromatic rings. The Balaban J connectivity index is 1.75. The van der Waals surface area contributed by atoms with Gasteiger partial charge in [-0.25, -0.2) is 9.80 Å². The van der Waals surface area contributed by atoms with Crippen molar-refractivity contribution in [1.82, 2.24) is 19.8 Å². The normalized spacial score (nSPS) is 16.8. The first-order valence-corrected chi connectivity index (χ1v) is 14.2. The van der Waals surface area contributed by atoms with Gasteiger partial charge in [-0.2, -0.15) is 0 Å². The van der Waals surface area contributed by atoms with Crippen LogP contribution in [-0.2, 0) is 41.7 Å². The summed E-state index contributed by atoms with van der Waals surface area (Å²) < 4.78 is 5.26. The van der Waals surface area contributed by atoms with Gasteiger partial charge in [-0.3, -0.25) is 28.9 Å². The van der Waals surface area contributed by atoms with Crippen LogP contribution >= 0.6 is 0 Å². The van der Waals surface area contributed by atoms with E-state index in [2.05, 4.69) is 0 Å². The van der Waals surface area contributed by atoms with Crippen molar-refractivity contribution in [3.63, 3.8) is 0 Å². The second-order valence-electron chi connectivity index (χ2n) is 11.0. The summed E-state index contributed by atoms with van der Waals surface area (Å²) in [7, 11) is 2.54. The lowest BCUT2D eigenvalue weighted by atomic mass is 10.0. The Hall–Kier alpha value is -4.62.